The monoisotopic (exact) mass is 231 g/mol. The molecule has 0 aliphatic carbocycles. The molecule has 1 N–H and O–H groups in total. The summed E-state index contributed by atoms with van der Waals surface area (Å²) >= 11 is 0. The number of hydrogen-bond acceptors (Lipinski definition) is 2. The molecule has 2 rings (SSSR count). The fourth-order valence-corrected chi connectivity index (χ4v) is 2.12. The van der Waals surface area contributed by atoms with Crippen molar-refractivity contribution < 1.29 is 9.53 Å². The van der Waals surface area contributed by atoms with Crippen LogP contribution in [-0.4, -0.2) is 17.6 Å². The molecule has 2 aromatic rings. The Morgan fingerprint density at radius 2 is 2.12 bits per heavy atom. The minimum atomic E-state index is -0.275. The second-order valence-corrected chi connectivity index (χ2v) is 4.04. The number of para-hydroxylation sites is 1. The van der Waals surface area contributed by atoms with E-state index in [1.807, 2.05) is 26.0 Å². The number of benzene rings is 1. The summed E-state index contributed by atoms with van der Waals surface area (Å²) in [5.74, 6) is -0.275. The van der Waals surface area contributed by atoms with Crippen LogP contribution in [0.25, 0.3) is 10.9 Å². The van der Waals surface area contributed by atoms with E-state index in [1.54, 1.807) is 0 Å². The zero-order valence-electron chi connectivity index (χ0n) is 10.5. The van der Waals surface area contributed by atoms with Crippen molar-refractivity contribution in [1.82, 2.24) is 4.98 Å². The molecule has 3 nitrogen and oxygen atoms in total. The van der Waals surface area contributed by atoms with Crippen LogP contribution >= 0.6 is 0 Å². The molecule has 1 aromatic carbocycles. The lowest BCUT2D eigenvalue weighted by Gasteiger charge is -1.99. The van der Waals surface area contributed by atoms with E-state index in [-0.39, 0.29) is 5.97 Å². The van der Waals surface area contributed by atoms with Crippen LogP contribution in [0.2, 0.25) is 0 Å². The maximum atomic E-state index is 11.8. The van der Waals surface area contributed by atoms with Gasteiger partial charge >= 0.3 is 5.97 Å². The Kier molecular flexibility index (Phi) is 3.18. The Balaban J connectivity index is 2.60. The molecular weight excluding hydrogens is 214 g/mol. The molecule has 0 radical (unpaired) electrons. The Morgan fingerprint density at radius 1 is 1.35 bits per heavy atom. The fraction of sp³-hybridized carbons (Fsp3) is 0.357. The lowest BCUT2D eigenvalue weighted by molar-refractivity contribution is 0.0520. The predicted molar refractivity (Wildman–Crippen MR) is 68.4 cm³/mol. The van der Waals surface area contributed by atoms with Gasteiger partial charge in [-0.3, -0.25) is 0 Å². The number of aromatic amines is 1. The summed E-state index contributed by atoms with van der Waals surface area (Å²) in [7, 11) is 0. The van der Waals surface area contributed by atoms with Crippen molar-refractivity contribution in [1.29, 1.82) is 0 Å². The van der Waals surface area contributed by atoms with Crippen LogP contribution in [0.15, 0.2) is 18.2 Å². The molecule has 0 bridgehead atoms. The molecule has 0 unspecified atom stereocenters. The van der Waals surface area contributed by atoms with Crippen LogP contribution < -0.4 is 0 Å². The average Bonchev–Trinajstić information content (AvgIpc) is 2.67. The zero-order chi connectivity index (χ0) is 12.4. The summed E-state index contributed by atoms with van der Waals surface area (Å²) in [5.41, 5.74) is 3.81. The van der Waals surface area contributed by atoms with E-state index >= 15 is 0 Å². The van der Waals surface area contributed by atoms with Gasteiger partial charge in [0.05, 0.1) is 6.61 Å². The van der Waals surface area contributed by atoms with Gasteiger partial charge in [0, 0.05) is 10.9 Å². The first kappa shape index (κ1) is 11.7. The Hall–Kier alpha value is -1.77. The van der Waals surface area contributed by atoms with Crippen LogP contribution in [0.1, 0.15) is 35.5 Å². The van der Waals surface area contributed by atoms with E-state index < -0.39 is 0 Å². The number of ether oxygens (including phenoxy) is 1. The number of aryl methyl sites for hydroxylation is 2. The highest BCUT2D eigenvalue weighted by molar-refractivity contribution is 5.99. The quantitative estimate of drug-likeness (QED) is 0.824. The van der Waals surface area contributed by atoms with E-state index in [2.05, 4.69) is 18.0 Å². The lowest BCUT2D eigenvalue weighted by atomic mass is 10.1. The number of rotatable bonds is 3. The molecule has 0 amide bonds. The maximum absolute atomic E-state index is 11.8. The molecule has 0 aliphatic heterocycles. The molecule has 90 valence electrons. The van der Waals surface area contributed by atoms with Crippen LogP contribution in [0.4, 0.5) is 0 Å². The van der Waals surface area contributed by atoms with Gasteiger partial charge in [-0.15, -0.1) is 0 Å². The van der Waals surface area contributed by atoms with Crippen molar-refractivity contribution in [3.63, 3.8) is 0 Å². The van der Waals surface area contributed by atoms with Crippen molar-refractivity contribution in [3.05, 3.63) is 35.0 Å². The summed E-state index contributed by atoms with van der Waals surface area (Å²) in [6.45, 7) is 6.27. The van der Waals surface area contributed by atoms with Crippen LogP contribution in [-0.2, 0) is 11.2 Å². The second kappa shape index (κ2) is 4.62. The van der Waals surface area contributed by atoms with Crippen molar-refractivity contribution in [2.75, 3.05) is 6.61 Å². The van der Waals surface area contributed by atoms with Crippen LogP contribution in [0, 0.1) is 6.92 Å². The van der Waals surface area contributed by atoms with E-state index in [0.29, 0.717) is 12.3 Å². The number of carbonyl (C=O) groups excluding carboxylic acids is 1. The first-order valence-corrected chi connectivity index (χ1v) is 5.96. The summed E-state index contributed by atoms with van der Waals surface area (Å²) in [6.07, 6.45) is 0.944. The Bertz CT molecular complexity index is 555. The summed E-state index contributed by atoms with van der Waals surface area (Å²) in [5, 5.41) is 1.10. The first-order valence-electron chi connectivity index (χ1n) is 5.96. The predicted octanol–water partition coefficient (Wildman–Crippen LogP) is 3.22. The van der Waals surface area contributed by atoms with E-state index in [4.69, 9.17) is 4.74 Å². The number of nitrogens with one attached hydrogen (secondary N) is 1. The molecule has 17 heavy (non-hydrogen) atoms. The number of fused-ring (bicyclic) bond motifs is 1. The van der Waals surface area contributed by atoms with Crippen molar-refractivity contribution in [2.45, 2.75) is 27.2 Å². The summed E-state index contributed by atoms with van der Waals surface area (Å²) in [4.78, 5) is 15.0. The van der Waals surface area contributed by atoms with Crippen molar-refractivity contribution in [3.8, 4) is 0 Å². The highest BCUT2D eigenvalue weighted by atomic mass is 16.5. The van der Waals surface area contributed by atoms with E-state index in [0.717, 1.165) is 22.9 Å². The van der Waals surface area contributed by atoms with Gasteiger partial charge in [0.2, 0.25) is 0 Å². The molecule has 0 atom stereocenters. The molecule has 3 heteroatoms. The minimum Gasteiger partial charge on any atom is -0.461 e. The third-order valence-corrected chi connectivity index (χ3v) is 3.04. The summed E-state index contributed by atoms with van der Waals surface area (Å²) in [6, 6.07) is 6.13. The number of hydrogen-bond donors (Lipinski definition) is 1. The number of aromatic nitrogens is 1. The Labute approximate surface area is 101 Å². The summed E-state index contributed by atoms with van der Waals surface area (Å²) < 4.78 is 5.04. The third-order valence-electron chi connectivity index (χ3n) is 3.04. The molecule has 0 saturated heterocycles. The SMILES string of the molecule is CCOC(=O)c1[nH]c2c(CC)cccc2c1C. The van der Waals surface area contributed by atoms with Gasteiger partial charge in [0.25, 0.3) is 0 Å². The van der Waals surface area contributed by atoms with E-state index in [9.17, 15) is 4.79 Å². The molecule has 0 fully saturated rings. The Morgan fingerprint density at radius 3 is 2.76 bits per heavy atom. The zero-order valence-corrected chi connectivity index (χ0v) is 10.5. The largest absolute Gasteiger partial charge is 0.461 e. The molecular formula is C14H17NO2. The minimum absolute atomic E-state index is 0.275. The van der Waals surface area contributed by atoms with Gasteiger partial charge < -0.3 is 9.72 Å². The van der Waals surface area contributed by atoms with Gasteiger partial charge in [-0.05, 0) is 31.4 Å². The lowest BCUT2D eigenvalue weighted by Crippen LogP contribution is -2.06. The van der Waals surface area contributed by atoms with Gasteiger partial charge in [-0.2, -0.15) is 0 Å². The highest BCUT2D eigenvalue weighted by Crippen LogP contribution is 2.25. The number of esters is 1. The van der Waals surface area contributed by atoms with Crippen LogP contribution in [0.5, 0.6) is 0 Å². The van der Waals surface area contributed by atoms with Crippen LogP contribution in [0.3, 0.4) is 0 Å². The molecule has 1 heterocycles. The smallest absolute Gasteiger partial charge is 0.355 e. The fourth-order valence-electron chi connectivity index (χ4n) is 2.12. The van der Waals surface area contributed by atoms with Crippen molar-refractivity contribution in [2.24, 2.45) is 0 Å². The maximum Gasteiger partial charge on any atom is 0.355 e. The average molecular weight is 231 g/mol. The molecule has 0 aliphatic rings. The van der Waals surface area contributed by atoms with Gasteiger partial charge in [0.15, 0.2) is 0 Å². The highest BCUT2D eigenvalue weighted by Gasteiger charge is 2.16. The standard InChI is InChI=1S/C14H17NO2/c1-4-10-7-6-8-11-9(3)12(15-13(10)11)14(16)17-5-2/h6-8,15H,4-5H2,1-3H3. The van der Waals surface area contributed by atoms with Crippen molar-refractivity contribution >= 4 is 16.9 Å². The molecule has 1 aromatic heterocycles. The molecule has 0 saturated carbocycles. The first-order chi connectivity index (χ1) is 8.19. The number of H-pyrrole nitrogens is 1. The van der Waals surface area contributed by atoms with E-state index in [1.165, 1.54) is 5.56 Å². The second-order valence-electron chi connectivity index (χ2n) is 4.04. The molecule has 0 spiro atoms. The normalized spacial score (nSPS) is 10.8. The van der Waals surface area contributed by atoms with Gasteiger partial charge in [0.1, 0.15) is 5.69 Å². The van der Waals surface area contributed by atoms with Gasteiger partial charge in [-0.1, -0.05) is 25.1 Å². The third kappa shape index (κ3) is 1.93. The van der Waals surface area contributed by atoms with Gasteiger partial charge in [-0.25, -0.2) is 4.79 Å². The topological polar surface area (TPSA) is 42.1 Å². The number of carbonyl (C=O) groups is 1.